The van der Waals surface area contributed by atoms with Crippen LogP contribution >= 0.6 is 0 Å². The van der Waals surface area contributed by atoms with E-state index in [2.05, 4.69) is 10.1 Å². The lowest BCUT2D eigenvalue weighted by Gasteiger charge is -2.02. The molecule has 86 valence electrons. The molecule has 0 radical (unpaired) electrons. The van der Waals surface area contributed by atoms with Crippen LogP contribution in [0.5, 0.6) is 0 Å². The molecule has 0 unspecified atom stereocenters. The van der Waals surface area contributed by atoms with E-state index >= 15 is 0 Å². The van der Waals surface area contributed by atoms with Crippen LogP contribution in [0.1, 0.15) is 18.3 Å². The summed E-state index contributed by atoms with van der Waals surface area (Å²) in [6.45, 7) is 2.15. The molecule has 2 heterocycles. The molecule has 0 aliphatic carbocycles. The summed E-state index contributed by atoms with van der Waals surface area (Å²) in [5, 5.41) is 4.12. The van der Waals surface area contributed by atoms with Gasteiger partial charge in [0.2, 0.25) is 0 Å². The molecule has 0 aliphatic rings. The molecule has 0 aliphatic heterocycles. The summed E-state index contributed by atoms with van der Waals surface area (Å²) >= 11 is 0. The van der Waals surface area contributed by atoms with Gasteiger partial charge in [-0.05, 0) is 37.3 Å². The van der Waals surface area contributed by atoms with Crippen molar-refractivity contribution in [1.82, 2.24) is 14.8 Å². The van der Waals surface area contributed by atoms with Crippen LogP contribution in [0.4, 0.5) is 0 Å². The second kappa shape index (κ2) is 5.21. The van der Waals surface area contributed by atoms with Gasteiger partial charge < -0.3 is 0 Å². The van der Waals surface area contributed by atoms with Crippen molar-refractivity contribution < 1.29 is 4.79 Å². The van der Waals surface area contributed by atoms with Crippen molar-refractivity contribution in [2.45, 2.75) is 13.5 Å². The Hall–Kier alpha value is -2.23. The number of hydrogen-bond donors (Lipinski definition) is 0. The fourth-order valence-electron chi connectivity index (χ4n) is 1.44. The fourth-order valence-corrected chi connectivity index (χ4v) is 1.44. The molecule has 2 aromatic heterocycles. The normalized spacial score (nSPS) is 10.9. The topological polar surface area (TPSA) is 47.8 Å². The molecule has 4 nitrogen and oxygen atoms in total. The van der Waals surface area contributed by atoms with E-state index in [0.717, 1.165) is 11.4 Å². The van der Waals surface area contributed by atoms with Gasteiger partial charge in [0, 0.05) is 12.4 Å². The smallest absolute Gasteiger partial charge is 0.152 e. The summed E-state index contributed by atoms with van der Waals surface area (Å²) in [6.07, 6.45) is 6.86. The van der Waals surface area contributed by atoms with Gasteiger partial charge in [0.1, 0.15) is 0 Å². The van der Waals surface area contributed by atoms with Gasteiger partial charge in [0.05, 0.1) is 17.9 Å². The van der Waals surface area contributed by atoms with Crippen LogP contribution in [0.3, 0.4) is 0 Å². The molecule has 0 N–H and O–H groups in total. The van der Waals surface area contributed by atoms with Crippen LogP contribution in [0.2, 0.25) is 0 Å². The van der Waals surface area contributed by atoms with Crippen LogP contribution in [-0.2, 0) is 11.3 Å². The van der Waals surface area contributed by atoms with Crippen molar-refractivity contribution in [1.29, 1.82) is 0 Å². The Morgan fingerprint density at radius 3 is 3.00 bits per heavy atom. The monoisotopic (exact) mass is 227 g/mol. The Kier molecular flexibility index (Phi) is 3.45. The number of hydrogen-bond acceptors (Lipinski definition) is 3. The minimum atomic E-state index is 0.0179. The predicted molar refractivity (Wildman–Crippen MR) is 65.3 cm³/mol. The summed E-state index contributed by atoms with van der Waals surface area (Å²) in [4.78, 5) is 15.2. The standard InChI is InChI=1S/C13H13N3O/c1-11(17)6-7-12-4-2-5-13(15-12)10-16-9-3-8-14-16/h2-9H,10H2,1H3. The predicted octanol–water partition coefficient (Wildman–Crippen LogP) is 1.93. The maximum atomic E-state index is 10.8. The average molecular weight is 227 g/mol. The molecular weight excluding hydrogens is 214 g/mol. The molecule has 0 saturated carbocycles. The molecular formula is C13H13N3O. The van der Waals surface area contributed by atoms with Crippen LogP contribution in [0, 0.1) is 0 Å². The zero-order valence-electron chi connectivity index (χ0n) is 9.58. The van der Waals surface area contributed by atoms with Crippen LogP contribution in [0.25, 0.3) is 6.08 Å². The number of carbonyl (C=O) groups excluding carboxylic acids is 1. The van der Waals surface area contributed by atoms with Gasteiger partial charge in [-0.3, -0.25) is 14.5 Å². The van der Waals surface area contributed by atoms with E-state index in [1.165, 1.54) is 13.0 Å². The Labute approximate surface area is 99.6 Å². The maximum Gasteiger partial charge on any atom is 0.152 e. The molecule has 2 aromatic rings. The van der Waals surface area contributed by atoms with Gasteiger partial charge in [-0.1, -0.05) is 6.07 Å². The minimum absolute atomic E-state index is 0.0179. The molecule has 0 amide bonds. The molecule has 17 heavy (non-hydrogen) atoms. The van der Waals surface area contributed by atoms with E-state index in [1.807, 2.05) is 30.5 Å². The van der Waals surface area contributed by atoms with E-state index in [4.69, 9.17) is 0 Å². The van der Waals surface area contributed by atoms with E-state index in [0.29, 0.717) is 6.54 Å². The van der Waals surface area contributed by atoms with Gasteiger partial charge >= 0.3 is 0 Å². The Bertz CT molecular complexity index is 529. The lowest BCUT2D eigenvalue weighted by atomic mass is 10.2. The largest absolute Gasteiger partial charge is 0.295 e. The lowest BCUT2D eigenvalue weighted by molar-refractivity contribution is -0.112. The van der Waals surface area contributed by atoms with E-state index in [-0.39, 0.29) is 5.78 Å². The fraction of sp³-hybridized carbons (Fsp3) is 0.154. The van der Waals surface area contributed by atoms with Crippen molar-refractivity contribution in [2.75, 3.05) is 0 Å². The van der Waals surface area contributed by atoms with Gasteiger partial charge in [-0.15, -0.1) is 0 Å². The molecule has 0 spiro atoms. The van der Waals surface area contributed by atoms with Crippen molar-refractivity contribution in [3.63, 3.8) is 0 Å². The number of ketones is 1. The first-order valence-corrected chi connectivity index (χ1v) is 5.36. The zero-order chi connectivity index (χ0) is 12.1. The highest BCUT2D eigenvalue weighted by molar-refractivity contribution is 5.91. The summed E-state index contributed by atoms with van der Waals surface area (Å²) in [6, 6.07) is 7.60. The summed E-state index contributed by atoms with van der Waals surface area (Å²) in [5.41, 5.74) is 1.70. The summed E-state index contributed by atoms with van der Waals surface area (Å²) < 4.78 is 1.81. The second-order valence-corrected chi connectivity index (χ2v) is 3.70. The summed E-state index contributed by atoms with van der Waals surface area (Å²) in [5.74, 6) is 0.0179. The number of carbonyl (C=O) groups is 1. The molecule has 0 atom stereocenters. The first-order chi connectivity index (χ1) is 8.24. The Balaban J connectivity index is 2.14. The van der Waals surface area contributed by atoms with E-state index < -0.39 is 0 Å². The number of rotatable bonds is 4. The molecule has 0 saturated heterocycles. The summed E-state index contributed by atoms with van der Waals surface area (Å²) in [7, 11) is 0. The molecule has 0 aromatic carbocycles. The molecule has 0 bridgehead atoms. The quantitative estimate of drug-likeness (QED) is 0.750. The average Bonchev–Trinajstić information content (AvgIpc) is 2.80. The van der Waals surface area contributed by atoms with Gasteiger partial charge in [-0.2, -0.15) is 5.10 Å². The third-order valence-electron chi connectivity index (χ3n) is 2.20. The van der Waals surface area contributed by atoms with Gasteiger partial charge in [-0.25, -0.2) is 0 Å². The minimum Gasteiger partial charge on any atom is -0.295 e. The highest BCUT2D eigenvalue weighted by Crippen LogP contribution is 2.03. The maximum absolute atomic E-state index is 10.8. The first-order valence-electron chi connectivity index (χ1n) is 5.36. The van der Waals surface area contributed by atoms with Gasteiger partial charge in [0.15, 0.2) is 5.78 Å². The second-order valence-electron chi connectivity index (χ2n) is 3.70. The van der Waals surface area contributed by atoms with E-state index in [9.17, 15) is 4.79 Å². The van der Waals surface area contributed by atoms with Crippen molar-refractivity contribution in [3.05, 3.63) is 54.1 Å². The number of pyridine rings is 1. The highest BCUT2D eigenvalue weighted by Gasteiger charge is 1.97. The number of allylic oxidation sites excluding steroid dienone is 1. The highest BCUT2D eigenvalue weighted by atomic mass is 16.1. The van der Waals surface area contributed by atoms with Crippen LogP contribution < -0.4 is 0 Å². The third kappa shape index (κ3) is 3.38. The SMILES string of the molecule is CC(=O)C=Cc1cccc(Cn2cccn2)n1. The Morgan fingerprint density at radius 2 is 2.29 bits per heavy atom. The van der Waals surface area contributed by atoms with Crippen LogP contribution in [-0.4, -0.2) is 20.5 Å². The van der Waals surface area contributed by atoms with E-state index in [1.54, 1.807) is 17.0 Å². The zero-order valence-corrected chi connectivity index (χ0v) is 9.58. The van der Waals surface area contributed by atoms with Crippen molar-refractivity contribution >= 4 is 11.9 Å². The molecule has 0 fully saturated rings. The molecule has 2 rings (SSSR count). The Morgan fingerprint density at radius 1 is 1.41 bits per heavy atom. The number of nitrogens with zero attached hydrogens (tertiary/aromatic N) is 3. The molecule has 4 heteroatoms. The lowest BCUT2D eigenvalue weighted by Crippen LogP contribution is -2.02. The first kappa shape index (κ1) is 11.3. The van der Waals surface area contributed by atoms with Crippen molar-refractivity contribution in [3.8, 4) is 0 Å². The third-order valence-corrected chi connectivity index (χ3v) is 2.20. The van der Waals surface area contributed by atoms with Gasteiger partial charge in [0.25, 0.3) is 0 Å². The van der Waals surface area contributed by atoms with Crippen LogP contribution in [0.15, 0.2) is 42.7 Å². The number of aromatic nitrogens is 3. The van der Waals surface area contributed by atoms with Crippen molar-refractivity contribution in [2.24, 2.45) is 0 Å².